The van der Waals surface area contributed by atoms with Gasteiger partial charge in [0.05, 0.1) is 6.10 Å². The molecule has 304 valence electrons. The number of halogens is 4. The maximum Gasteiger partial charge on any atom is 0.271 e. The quantitative estimate of drug-likeness (QED) is 0.0752. The minimum atomic E-state index is -0.846. The van der Waals surface area contributed by atoms with Crippen LogP contribution < -0.4 is 30.7 Å². The van der Waals surface area contributed by atoms with Crippen molar-refractivity contribution >= 4 is 46.8 Å². The molecule has 0 radical (unpaired) electrons. The van der Waals surface area contributed by atoms with Crippen molar-refractivity contribution in [1.82, 2.24) is 31.2 Å². The largest absolute Gasteiger partial charge is 0.483 e. The molecule has 2 aromatic carbocycles. The number of rotatable bonds is 14. The molecular weight excluding hydrogens is 785 g/mol. The van der Waals surface area contributed by atoms with Gasteiger partial charge in [0.1, 0.15) is 46.6 Å². The molecule has 2 aliphatic carbocycles. The zero-order valence-corrected chi connectivity index (χ0v) is 33.0. The topological polar surface area (TPSA) is 187 Å². The van der Waals surface area contributed by atoms with Gasteiger partial charge in [-0.2, -0.15) is 0 Å². The molecule has 13 nitrogen and oxygen atoms in total. The third-order valence-corrected chi connectivity index (χ3v) is 10.8. The number of carbonyl (C=O) groups is 4. The Morgan fingerprint density at radius 1 is 0.737 bits per heavy atom. The summed E-state index contributed by atoms with van der Waals surface area (Å²) >= 11 is 11.8. The number of aliphatic hydroxyl groups excluding tert-OH is 1. The predicted octanol–water partition coefficient (Wildman–Crippen LogP) is 6.54. The minimum absolute atomic E-state index is 0.00387. The summed E-state index contributed by atoms with van der Waals surface area (Å²) in [6, 6.07) is 10.8. The fourth-order valence-corrected chi connectivity index (χ4v) is 7.34. The summed E-state index contributed by atoms with van der Waals surface area (Å²) in [6.45, 7) is 3.46. The summed E-state index contributed by atoms with van der Waals surface area (Å²) in [6.07, 6.45) is 1.40. The zero-order valence-electron chi connectivity index (χ0n) is 31.4. The van der Waals surface area contributed by atoms with Gasteiger partial charge in [0.15, 0.2) is 11.5 Å². The second-order valence-electron chi connectivity index (χ2n) is 14.5. The number of aromatic amines is 2. The second kappa shape index (κ2) is 18.0. The number of carbonyl (C=O) groups excluding carboxylic acids is 4. The molecule has 7 N–H and O–H groups in total. The summed E-state index contributed by atoms with van der Waals surface area (Å²) in [5.74, 6) is -3.06. The van der Waals surface area contributed by atoms with Gasteiger partial charge in [-0.25, -0.2) is 8.78 Å². The first-order valence-electron chi connectivity index (χ1n) is 18.7. The molecule has 0 aliphatic heterocycles. The number of benzene rings is 2. The number of amides is 4. The van der Waals surface area contributed by atoms with Crippen molar-refractivity contribution in [2.75, 3.05) is 13.6 Å². The average molecular weight is 830 g/mol. The number of nitrogens with one attached hydrogen (secondary N) is 6. The first-order chi connectivity index (χ1) is 27.2. The fourth-order valence-electron chi connectivity index (χ4n) is 7.03. The van der Waals surface area contributed by atoms with Crippen molar-refractivity contribution in [1.29, 1.82) is 0 Å². The van der Waals surface area contributed by atoms with Gasteiger partial charge in [-0.15, -0.1) is 0 Å². The number of aromatic nitrogens is 2. The summed E-state index contributed by atoms with van der Waals surface area (Å²) in [5.41, 5.74) is 0.546. The van der Waals surface area contributed by atoms with E-state index < -0.39 is 53.6 Å². The molecule has 2 aromatic heterocycles. The standard InChI is InChI=1S/C40H44Cl2F2N6O7/c1-19(27-10-4-22(41)14-29(27)43)56-33-16-32(49-35(33)39(54)45-3)38(53)48-25-12-21(13-25)18-46-40(55)36-34(57-20(2)28-11-5-23(42)15-30(28)44)17-31(50-36)37(52)47-24-6-8-26(51)9-7-24/h4-5,10-11,14-17,19-21,24-26,49-51H,6-9,12-13,18H2,1-3H3,(H,45,54)(H,46,55)(H,47,52)(H,48,53). The van der Waals surface area contributed by atoms with Gasteiger partial charge in [-0.05, 0) is 82.6 Å². The van der Waals surface area contributed by atoms with E-state index in [-0.39, 0.29) is 80.0 Å². The van der Waals surface area contributed by atoms with Crippen LogP contribution in [0.25, 0.3) is 0 Å². The van der Waals surface area contributed by atoms with Gasteiger partial charge in [0, 0.05) is 59.0 Å². The minimum Gasteiger partial charge on any atom is -0.483 e. The SMILES string of the molecule is CNC(=O)c1[nH]c(C(=O)NC2CC(CNC(=O)c3[nH]c(C(=O)NC4CCC(O)CC4)cc3OC(C)c3ccc(Cl)cc3F)C2)cc1OC(C)c1ccc(Cl)cc1F. The molecular formula is C40H44Cl2F2N6O7. The summed E-state index contributed by atoms with van der Waals surface area (Å²) < 4.78 is 41.2. The van der Waals surface area contributed by atoms with Crippen LogP contribution in [-0.2, 0) is 0 Å². The average Bonchev–Trinajstić information content (AvgIpc) is 3.77. The van der Waals surface area contributed by atoms with Gasteiger partial charge >= 0.3 is 0 Å². The molecule has 0 spiro atoms. The Bertz CT molecular complexity index is 2130. The van der Waals surface area contributed by atoms with Crippen LogP contribution in [0.5, 0.6) is 11.5 Å². The molecule has 2 fully saturated rings. The molecule has 4 aromatic rings. The Morgan fingerprint density at radius 2 is 1.21 bits per heavy atom. The highest BCUT2D eigenvalue weighted by Crippen LogP contribution is 2.32. The van der Waals surface area contributed by atoms with Gasteiger partial charge in [0.25, 0.3) is 23.6 Å². The molecule has 2 unspecified atom stereocenters. The van der Waals surface area contributed by atoms with E-state index in [1.54, 1.807) is 13.8 Å². The van der Waals surface area contributed by atoms with E-state index in [1.807, 2.05) is 0 Å². The van der Waals surface area contributed by atoms with E-state index in [0.29, 0.717) is 38.5 Å². The lowest BCUT2D eigenvalue weighted by Gasteiger charge is -2.35. The smallest absolute Gasteiger partial charge is 0.271 e. The molecule has 57 heavy (non-hydrogen) atoms. The van der Waals surface area contributed by atoms with Crippen LogP contribution in [0.3, 0.4) is 0 Å². The van der Waals surface area contributed by atoms with E-state index in [1.165, 1.54) is 43.4 Å². The Labute approximate surface area is 337 Å². The normalized spacial score (nSPS) is 20.1. The van der Waals surface area contributed by atoms with Crippen molar-refractivity contribution in [2.45, 2.75) is 82.8 Å². The monoisotopic (exact) mass is 828 g/mol. The highest BCUT2D eigenvalue weighted by atomic mass is 35.5. The summed E-state index contributed by atoms with van der Waals surface area (Å²) in [7, 11) is 1.43. The lowest BCUT2D eigenvalue weighted by Crippen LogP contribution is -2.47. The van der Waals surface area contributed by atoms with E-state index in [0.717, 1.165) is 12.1 Å². The Hall–Kier alpha value is -5.12. The number of hydrogen-bond donors (Lipinski definition) is 7. The van der Waals surface area contributed by atoms with Crippen molar-refractivity contribution in [3.05, 3.63) is 104 Å². The lowest BCUT2D eigenvalue weighted by molar-refractivity contribution is 0.0852. The Balaban J connectivity index is 1.06. The van der Waals surface area contributed by atoms with Crippen molar-refractivity contribution in [2.24, 2.45) is 5.92 Å². The molecule has 2 heterocycles. The number of aliphatic hydroxyl groups is 1. The van der Waals surface area contributed by atoms with Crippen LogP contribution in [-0.4, -0.2) is 70.5 Å². The lowest BCUT2D eigenvalue weighted by atomic mass is 9.80. The first kappa shape index (κ1) is 41.5. The summed E-state index contributed by atoms with van der Waals surface area (Å²) in [4.78, 5) is 58.3. The van der Waals surface area contributed by atoms with Crippen molar-refractivity contribution in [3.63, 3.8) is 0 Å². The van der Waals surface area contributed by atoms with Gasteiger partial charge in [-0.1, -0.05) is 35.3 Å². The molecule has 17 heteroatoms. The van der Waals surface area contributed by atoms with E-state index in [2.05, 4.69) is 31.2 Å². The second-order valence-corrected chi connectivity index (χ2v) is 15.3. The molecule has 0 bridgehead atoms. The van der Waals surface area contributed by atoms with Gasteiger partial charge in [-0.3, -0.25) is 19.2 Å². The maximum absolute atomic E-state index is 14.7. The molecule has 2 saturated carbocycles. The van der Waals surface area contributed by atoms with Crippen LogP contribution in [0.15, 0.2) is 48.5 Å². The maximum atomic E-state index is 14.7. The number of ether oxygens (including phenoxy) is 2. The van der Waals surface area contributed by atoms with Crippen LogP contribution in [0.2, 0.25) is 10.0 Å². The van der Waals surface area contributed by atoms with Crippen molar-refractivity contribution < 1.29 is 42.5 Å². The molecule has 6 rings (SSSR count). The van der Waals surface area contributed by atoms with Gasteiger partial charge < -0.3 is 45.8 Å². The third kappa shape index (κ3) is 10.1. The van der Waals surface area contributed by atoms with Gasteiger partial charge in [0.2, 0.25) is 0 Å². The molecule has 4 amide bonds. The zero-order chi connectivity index (χ0) is 41.0. The summed E-state index contributed by atoms with van der Waals surface area (Å²) in [5, 5.41) is 21.5. The first-order valence-corrected chi connectivity index (χ1v) is 19.4. The van der Waals surface area contributed by atoms with Crippen LogP contribution in [0, 0.1) is 17.6 Å². The Kier molecular flexibility index (Phi) is 13.1. The third-order valence-electron chi connectivity index (χ3n) is 10.3. The number of H-pyrrole nitrogens is 2. The van der Waals surface area contributed by atoms with Crippen LogP contribution >= 0.6 is 23.2 Å². The predicted molar refractivity (Wildman–Crippen MR) is 208 cm³/mol. The van der Waals surface area contributed by atoms with E-state index >= 15 is 0 Å². The van der Waals surface area contributed by atoms with Crippen LogP contribution in [0.4, 0.5) is 8.78 Å². The fraction of sp³-hybridized carbons (Fsp3) is 0.400. The highest BCUT2D eigenvalue weighted by Gasteiger charge is 2.33. The van der Waals surface area contributed by atoms with Crippen molar-refractivity contribution in [3.8, 4) is 11.5 Å². The van der Waals surface area contributed by atoms with Crippen LogP contribution in [0.1, 0.15) is 118 Å². The molecule has 2 aliphatic rings. The van der Waals surface area contributed by atoms with E-state index in [4.69, 9.17) is 32.7 Å². The number of hydrogen-bond acceptors (Lipinski definition) is 7. The van der Waals surface area contributed by atoms with E-state index in [9.17, 15) is 33.1 Å². The molecule has 2 atom stereocenters. The molecule has 0 saturated heterocycles. The Morgan fingerprint density at radius 3 is 1.68 bits per heavy atom. The highest BCUT2D eigenvalue weighted by molar-refractivity contribution is 6.30.